The first-order chi connectivity index (χ1) is 8.00. The van der Waals surface area contributed by atoms with Crippen LogP contribution in [-0.4, -0.2) is 15.0 Å². The zero-order valence-electron chi connectivity index (χ0n) is 8.86. The Kier molecular flexibility index (Phi) is 3.08. The molecule has 2 N–H and O–H groups in total. The first-order valence-corrected chi connectivity index (χ1v) is 5.13. The minimum Gasteiger partial charge on any atom is -0.319 e. The molecule has 4 nitrogen and oxygen atoms in total. The number of rotatable bonds is 2. The van der Waals surface area contributed by atoms with Gasteiger partial charge in [-0.2, -0.15) is 0 Å². The molecule has 0 radical (unpaired) electrons. The topological polar surface area (TPSA) is 56.7 Å². The van der Waals surface area contributed by atoms with Crippen LogP contribution in [0.15, 0.2) is 18.3 Å². The van der Waals surface area contributed by atoms with E-state index in [4.69, 9.17) is 17.3 Å². The standard InChI is InChI=1S/C10H9ClF2N4/c1-17-9(4-15-16-17)10(14)5-2-8(13)6(11)3-7(5)12/h2-4,10H,14H2,1H3. The lowest BCUT2D eigenvalue weighted by Gasteiger charge is -2.13. The molecule has 0 saturated carbocycles. The minimum atomic E-state index is -0.846. The average molecular weight is 259 g/mol. The summed E-state index contributed by atoms with van der Waals surface area (Å²) in [5.74, 6) is -1.38. The molecule has 90 valence electrons. The lowest BCUT2D eigenvalue weighted by molar-refractivity contribution is 0.566. The summed E-state index contributed by atoms with van der Waals surface area (Å²) in [7, 11) is 1.62. The summed E-state index contributed by atoms with van der Waals surface area (Å²) < 4.78 is 28.3. The van der Waals surface area contributed by atoms with Gasteiger partial charge in [-0.1, -0.05) is 16.8 Å². The van der Waals surface area contributed by atoms with Gasteiger partial charge in [0.1, 0.15) is 11.6 Å². The molecule has 0 aliphatic rings. The van der Waals surface area contributed by atoms with E-state index in [0.29, 0.717) is 5.69 Å². The summed E-state index contributed by atoms with van der Waals surface area (Å²) in [5, 5.41) is 7.03. The maximum atomic E-state index is 13.6. The number of aromatic nitrogens is 3. The summed E-state index contributed by atoms with van der Waals surface area (Å²) in [6.07, 6.45) is 1.40. The van der Waals surface area contributed by atoms with Gasteiger partial charge < -0.3 is 5.73 Å². The molecule has 0 saturated heterocycles. The molecule has 0 amide bonds. The predicted octanol–water partition coefficient (Wildman–Crippen LogP) is 1.79. The number of hydrogen-bond donors (Lipinski definition) is 1. The zero-order valence-corrected chi connectivity index (χ0v) is 9.62. The van der Waals surface area contributed by atoms with Gasteiger partial charge in [-0.15, -0.1) is 5.10 Å². The second-order valence-electron chi connectivity index (χ2n) is 3.55. The molecule has 1 atom stereocenters. The quantitative estimate of drug-likeness (QED) is 0.836. The number of nitrogens with zero attached hydrogens (tertiary/aromatic N) is 3. The molecule has 2 rings (SSSR count). The van der Waals surface area contributed by atoms with Crippen molar-refractivity contribution in [2.75, 3.05) is 0 Å². The van der Waals surface area contributed by atoms with E-state index < -0.39 is 17.7 Å². The van der Waals surface area contributed by atoms with Gasteiger partial charge in [0.25, 0.3) is 0 Å². The third-order valence-corrected chi connectivity index (χ3v) is 2.73. The van der Waals surface area contributed by atoms with Crippen molar-refractivity contribution in [1.82, 2.24) is 15.0 Å². The molecular weight excluding hydrogens is 250 g/mol. The Morgan fingerprint density at radius 2 is 2.06 bits per heavy atom. The van der Waals surface area contributed by atoms with Gasteiger partial charge >= 0.3 is 0 Å². The summed E-state index contributed by atoms with van der Waals surface area (Å²) >= 11 is 5.46. The molecule has 0 spiro atoms. The molecule has 1 aromatic heterocycles. The van der Waals surface area contributed by atoms with E-state index in [9.17, 15) is 8.78 Å². The largest absolute Gasteiger partial charge is 0.319 e. The molecule has 17 heavy (non-hydrogen) atoms. The number of benzene rings is 1. The molecule has 7 heteroatoms. The minimum absolute atomic E-state index is 0.0114. The first-order valence-electron chi connectivity index (χ1n) is 4.75. The van der Waals surface area contributed by atoms with Crippen molar-refractivity contribution < 1.29 is 8.78 Å². The van der Waals surface area contributed by atoms with Crippen molar-refractivity contribution in [3.05, 3.63) is 46.2 Å². The van der Waals surface area contributed by atoms with Crippen molar-refractivity contribution in [2.45, 2.75) is 6.04 Å². The monoisotopic (exact) mass is 258 g/mol. The number of aryl methyl sites for hydroxylation is 1. The zero-order chi connectivity index (χ0) is 12.6. The molecule has 1 heterocycles. The second-order valence-corrected chi connectivity index (χ2v) is 3.96. The predicted molar refractivity (Wildman–Crippen MR) is 58.4 cm³/mol. The maximum Gasteiger partial charge on any atom is 0.142 e. The fourth-order valence-electron chi connectivity index (χ4n) is 1.51. The van der Waals surface area contributed by atoms with Crippen molar-refractivity contribution >= 4 is 11.6 Å². The van der Waals surface area contributed by atoms with Crippen LogP contribution >= 0.6 is 11.6 Å². The SMILES string of the molecule is Cn1nncc1C(N)c1cc(F)c(Cl)cc1F. The number of nitrogens with two attached hydrogens (primary N) is 1. The highest BCUT2D eigenvalue weighted by Gasteiger charge is 2.19. The van der Waals surface area contributed by atoms with Crippen LogP contribution in [0, 0.1) is 11.6 Å². The molecular formula is C10H9ClF2N4. The van der Waals surface area contributed by atoms with Crippen molar-refractivity contribution in [2.24, 2.45) is 12.8 Å². The van der Waals surface area contributed by atoms with Crippen LogP contribution in [0.3, 0.4) is 0 Å². The van der Waals surface area contributed by atoms with Gasteiger partial charge in [-0.25, -0.2) is 8.78 Å². The van der Waals surface area contributed by atoms with Crippen LogP contribution in [0.5, 0.6) is 0 Å². The summed E-state index contributed by atoms with van der Waals surface area (Å²) in [6, 6.07) is 1.03. The highest BCUT2D eigenvalue weighted by molar-refractivity contribution is 6.30. The molecule has 0 aliphatic carbocycles. The van der Waals surface area contributed by atoms with Gasteiger partial charge in [-0.3, -0.25) is 4.68 Å². The van der Waals surface area contributed by atoms with E-state index in [0.717, 1.165) is 12.1 Å². The fraction of sp³-hybridized carbons (Fsp3) is 0.200. The van der Waals surface area contributed by atoms with E-state index in [2.05, 4.69) is 10.3 Å². The Morgan fingerprint density at radius 3 is 2.65 bits per heavy atom. The molecule has 0 bridgehead atoms. The highest BCUT2D eigenvalue weighted by atomic mass is 35.5. The van der Waals surface area contributed by atoms with Crippen molar-refractivity contribution in [1.29, 1.82) is 0 Å². The van der Waals surface area contributed by atoms with E-state index >= 15 is 0 Å². The lowest BCUT2D eigenvalue weighted by Crippen LogP contribution is -2.17. The Labute approximate surface area is 101 Å². The average Bonchev–Trinajstić information content (AvgIpc) is 2.69. The molecule has 0 aliphatic heterocycles. The van der Waals surface area contributed by atoms with Crippen LogP contribution in [0.2, 0.25) is 5.02 Å². The van der Waals surface area contributed by atoms with Gasteiger partial charge in [-0.05, 0) is 12.1 Å². The summed E-state index contributed by atoms with van der Waals surface area (Å²) in [4.78, 5) is 0. The Hall–Kier alpha value is -1.53. The van der Waals surface area contributed by atoms with Crippen molar-refractivity contribution in [3.63, 3.8) is 0 Å². The molecule has 1 aromatic carbocycles. The number of hydrogen-bond acceptors (Lipinski definition) is 3. The van der Waals surface area contributed by atoms with E-state index in [-0.39, 0.29) is 10.6 Å². The molecule has 2 aromatic rings. The highest BCUT2D eigenvalue weighted by Crippen LogP contribution is 2.25. The fourth-order valence-corrected chi connectivity index (χ4v) is 1.67. The molecule has 0 fully saturated rings. The van der Waals surface area contributed by atoms with Crippen LogP contribution in [-0.2, 0) is 7.05 Å². The third kappa shape index (κ3) is 2.13. The van der Waals surface area contributed by atoms with E-state index in [1.807, 2.05) is 0 Å². The summed E-state index contributed by atoms with van der Waals surface area (Å²) in [6.45, 7) is 0. The Morgan fingerprint density at radius 1 is 1.35 bits per heavy atom. The maximum absolute atomic E-state index is 13.6. The number of halogens is 3. The first kappa shape index (κ1) is 11.9. The third-order valence-electron chi connectivity index (χ3n) is 2.44. The lowest BCUT2D eigenvalue weighted by atomic mass is 10.0. The van der Waals surface area contributed by atoms with Crippen LogP contribution in [0.4, 0.5) is 8.78 Å². The van der Waals surface area contributed by atoms with Gasteiger partial charge in [0.05, 0.1) is 23.0 Å². The van der Waals surface area contributed by atoms with Gasteiger partial charge in [0.2, 0.25) is 0 Å². The van der Waals surface area contributed by atoms with E-state index in [1.54, 1.807) is 7.05 Å². The van der Waals surface area contributed by atoms with Crippen LogP contribution < -0.4 is 5.73 Å². The van der Waals surface area contributed by atoms with Crippen molar-refractivity contribution in [3.8, 4) is 0 Å². The van der Waals surface area contributed by atoms with E-state index in [1.165, 1.54) is 10.9 Å². The summed E-state index contributed by atoms with van der Waals surface area (Å²) in [5.41, 5.74) is 6.32. The van der Waals surface area contributed by atoms with Crippen LogP contribution in [0.1, 0.15) is 17.3 Å². The molecule has 1 unspecified atom stereocenters. The van der Waals surface area contributed by atoms with Crippen LogP contribution in [0.25, 0.3) is 0 Å². The Bertz CT molecular complexity index is 555. The van der Waals surface area contributed by atoms with Gasteiger partial charge in [0.15, 0.2) is 0 Å². The normalized spacial score (nSPS) is 12.8. The smallest absolute Gasteiger partial charge is 0.142 e. The van der Waals surface area contributed by atoms with Gasteiger partial charge in [0, 0.05) is 12.6 Å². The second kappa shape index (κ2) is 4.38. The Balaban J connectivity index is 2.48.